The fourth-order valence-electron chi connectivity index (χ4n) is 2.61. The van der Waals surface area contributed by atoms with Gasteiger partial charge in [0.15, 0.2) is 4.34 Å². The second-order valence-corrected chi connectivity index (χ2v) is 10.1. The fraction of sp³-hybridized carbons (Fsp3) is 0.0476. The van der Waals surface area contributed by atoms with E-state index in [1.54, 1.807) is 41.3 Å². The molecule has 0 atom stereocenters. The summed E-state index contributed by atoms with van der Waals surface area (Å²) in [6.45, 7) is 0. The van der Waals surface area contributed by atoms with Crippen molar-refractivity contribution in [3.63, 3.8) is 0 Å². The van der Waals surface area contributed by atoms with Crippen LogP contribution in [-0.2, 0) is 5.75 Å². The summed E-state index contributed by atoms with van der Waals surface area (Å²) in [6, 6.07) is 18.8. The van der Waals surface area contributed by atoms with Gasteiger partial charge in [0.2, 0.25) is 0 Å². The first kappa shape index (κ1) is 20.7. The Morgan fingerprint density at radius 1 is 1.03 bits per heavy atom. The number of fused-ring (bicyclic) bond motifs is 1. The first-order chi connectivity index (χ1) is 14.0. The summed E-state index contributed by atoms with van der Waals surface area (Å²) in [4.78, 5) is 17.1. The number of benzene rings is 3. The van der Waals surface area contributed by atoms with Gasteiger partial charge in [0.05, 0.1) is 20.3 Å². The maximum atomic E-state index is 12.5. The summed E-state index contributed by atoms with van der Waals surface area (Å²) in [5.41, 5.74) is 3.32. The average Bonchev–Trinajstić information content (AvgIpc) is 3.12. The van der Waals surface area contributed by atoms with Gasteiger partial charge < -0.3 is 5.32 Å². The molecular formula is C21H13BrCl2N2OS2. The number of amides is 1. The first-order valence-corrected chi connectivity index (χ1v) is 11.9. The number of thiazole rings is 1. The number of carbonyl (C=O) groups excluding carboxylic acids is 1. The summed E-state index contributed by atoms with van der Waals surface area (Å²) in [5, 5.41) is 3.67. The molecule has 1 heterocycles. The van der Waals surface area contributed by atoms with Crippen LogP contribution in [0.4, 0.5) is 5.69 Å². The first-order valence-electron chi connectivity index (χ1n) is 8.52. The third kappa shape index (κ3) is 5.13. The number of hydrogen-bond donors (Lipinski definition) is 1. The van der Waals surface area contributed by atoms with Crippen LogP contribution < -0.4 is 5.32 Å². The van der Waals surface area contributed by atoms with Gasteiger partial charge in [0.1, 0.15) is 0 Å². The Morgan fingerprint density at radius 3 is 2.59 bits per heavy atom. The molecule has 0 bridgehead atoms. The highest BCUT2D eigenvalue weighted by atomic mass is 79.9. The van der Waals surface area contributed by atoms with E-state index in [-0.39, 0.29) is 5.91 Å². The van der Waals surface area contributed by atoms with Gasteiger partial charge in [-0.3, -0.25) is 4.79 Å². The van der Waals surface area contributed by atoms with E-state index in [9.17, 15) is 4.79 Å². The quantitative estimate of drug-likeness (QED) is 0.270. The molecular weight excluding hydrogens is 511 g/mol. The minimum Gasteiger partial charge on any atom is -0.322 e. The molecule has 0 spiro atoms. The van der Waals surface area contributed by atoms with Crippen LogP contribution in [0.2, 0.25) is 10.0 Å². The molecule has 0 saturated carbocycles. The van der Waals surface area contributed by atoms with E-state index in [0.29, 0.717) is 21.3 Å². The van der Waals surface area contributed by atoms with Crippen LogP contribution >= 0.6 is 62.2 Å². The molecule has 0 radical (unpaired) electrons. The Hall–Kier alpha value is -1.57. The Bertz CT molecular complexity index is 1200. The summed E-state index contributed by atoms with van der Waals surface area (Å²) < 4.78 is 3.09. The maximum Gasteiger partial charge on any atom is 0.255 e. The summed E-state index contributed by atoms with van der Waals surface area (Å²) in [5.74, 6) is 0.617. The van der Waals surface area contributed by atoms with E-state index in [0.717, 1.165) is 24.8 Å². The number of nitrogens with zero attached hydrogens (tertiary/aromatic N) is 1. The molecule has 1 N–H and O–H groups in total. The number of nitrogens with one attached hydrogen (secondary N) is 1. The minimum atomic E-state index is -0.239. The number of carbonyl (C=O) groups is 1. The number of rotatable bonds is 5. The molecule has 3 nitrogen and oxygen atoms in total. The van der Waals surface area contributed by atoms with Crippen molar-refractivity contribution in [2.24, 2.45) is 0 Å². The highest BCUT2D eigenvalue weighted by molar-refractivity contribution is 9.10. The second-order valence-electron chi connectivity index (χ2n) is 6.16. The van der Waals surface area contributed by atoms with E-state index in [1.165, 1.54) is 5.56 Å². The van der Waals surface area contributed by atoms with Crippen LogP contribution in [0.1, 0.15) is 15.9 Å². The topological polar surface area (TPSA) is 42.0 Å². The van der Waals surface area contributed by atoms with E-state index < -0.39 is 0 Å². The Kier molecular flexibility index (Phi) is 6.47. The van der Waals surface area contributed by atoms with Gasteiger partial charge in [-0.05, 0) is 54.1 Å². The molecule has 0 saturated heterocycles. The molecule has 4 rings (SSSR count). The predicted molar refractivity (Wildman–Crippen MR) is 128 cm³/mol. The molecule has 1 aromatic heterocycles. The van der Waals surface area contributed by atoms with Crippen molar-refractivity contribution in [1.29, 1.82) is 0 Å². The van der Waals surface area contributed by atoms with Gasteiger partial charge in [0.25, 0.3) is 5.91 Å². The van der Waals surface area contributed by atoms with Crippen LogP contribution in [0.5, 0.6) is 0 Å². The molecule has 3 aromatic carbocycles. The number of halogens is 3. The summed E-state index contributed by atoms with van der Waals surface area (Å²) in [6.07, 6.45) is 0. The number of aromatic nitrogens is 1. The Labute approximate surface area is 194 Å². The molecule has 4 aromatic rings. The summed E-state index contributed by atoms with van der Waals surface area (Å²) in [7, 11) is 0. The van der Waals surface area contributed by atoms with E-state index >= 15 is 0 Å². The van der Waals surface area contributed by atoms with Crippen molar-refractivity contribution in [2.45, 2.75) is 10.1 Å². The van der Waals surface area contributed by atoms with Crippen LogP contribution in [-0.4, -0.2) is 10.9 Å². The van der Waals surface area contributed by atoms with Crippen LogP contribution in [0, 0.1) is 0 Å². The lowest BCUT2D eigenvalue weighted by atomic mass is 10.2. The smallest absolute Gasteiger partial charge is 0.255 e. The van der Waals surface area contributed by atoms with Crippen LogP contribution in [0.3, 0.4) is 0 Å². The fourth-order valence-corrected chi connectivity index (χ4v) is 5.24. The molecule has 0 aliphatic rings. The molecule has 146 valence electrons. The van der Waals surface area contributed by atoms with Crippen molar-refractivity contribution in [3.05, 3.63) is 86.3 Å². The summed E-state index contributed by atoms with van der Waals surface area (Å²) >= 11 is 18.7. The molecule has 0 aliphatic heterocycles. The van der Waals surface area contributed by atoms with Crippen molar-refractivity contribution in [2.75, 3.05) is 5.32 Å². The molecule has 1 amide bonds. The zero-order valence-electron chi connectivity index (χ0n) is 14.8. The predicted octanol–water partition coefficient (Wildman–Crippen LogP) is 7.91. The van der Waals surface area contributed by atoms with E-state index in [4.69, 9.17) is 23.2 Å². The van der Waals surface area contributed by atoms with Crippen molar-refractivity contribution < 1.29 is 4.79 Å². The zero-order chi connectivity index (χ0) is 20.4. The molecule has 29 heavy (non-hydrogen) atoms. The van der Waals surface area contributed by atoms with Crippen molar-refractivity contribution in [3.8, 4) is 0 Å². The van der Waals surface area contributed by atoms with Gasteiger partial charge in [-0.25, -0.2) is 4.98 Å². The number of thioether (sulfide) groups is 1. The second kappa shape index (κ2) is 9.06. The van der Waals surface area contributed by atoms with Crippen molar-refractivity contribution in [1.82, 2.24) is 4.98 Å². The largest absolute Gasteiger partial charge is 0.322 e. The lowest BCUT2D eigenvalue weighted by molar-refractivity contribution is 0.102. The lowest BCUT2D eigenvalue weighted by Crippen LogP contribution is -2.11. The molecule has 8 heteroatoms. The average molecular weight is 524 g/mol. The Morgan fingerprint density at radius 2 is 1.83 bits per heavy atom. The zero-order valence-corrected chi connectivity index (χ0v) is 19.5. The lowest BCUT2D eigenvalue weighted by Gasteiger charge is -2.06. The Balaban J connectivity index is 1.46. The number of anilines is 1. The highest BCUT2D eigenvalue weighted by Gasteiger charge is 2.11. The molecule has 0 aliphatic carbocycles. The van der Waals surface area contributed by atoms with Gasteiger partial charge in [0, 0.05) is 21.5 Å². The highest BCUT2D eigenvalue weighted by Crippen LogP contribution is 2.33. The molecule has 0 fully saturated rings. The standard InChI is InChI=1S/C21H13BrCl2N2OS2/c22-14-4-1-12(2-5-14)11-28-21-26-18-8-6-15(10-19(18)29-21)25-20(27)13-3-7-16(23)17(24)9-13/h1-10H,11H2,(H,25,27). The van der Waals surface area contributed by atoms with E-state index in [2.05, 4.69) is 38.4 Å². The van der Waals surface area contributed by atoms with Gasteiger partial charge >= 0.3 is 0 Å². The van der Waals surface area contributed by atoms with Crippen LogP contribution in [0.15, 0.2) is 69.5 Å². The molecule has 0 unspecified atom stereocenters. The van der Waals surface area contributed by atoms with Gasteiger partial charge in [-0.15, -0.1) is 11.3 Å². The minimum absolute atomic E-state index is 0.239. The SMILES string of the molecule is O=C(Nc1ccc2nc(SCc3ccc(Br)cc3)sc2c1)c1ccc(Cl)c(Cl)c1. The number of hydrogen-bond acceptors (Lipinski definition) is 4. The normalized spacial score (nSPS) is 11.0. The van der Waals surface area contributed by atoms with Crippen molar-refractivity contribution >= 4 is 84.0 Å². The third-order valence-electron chi connectivity index (χ3n) is 4.08. The van der Waals surface area contributed by atoms with Crippen LogP contribution in [0.25, 0.3) is 10.2 Å². The monoisotopic (exact) mass is 522 g/mol. The third-order valence-corrected chi connectivity index (χ3v) is 7.58. The van der Waals surface area contributed by atoms with Gasteiger partial charge in [-0.2, -0.15) is 0 Å². The maximum absolute atomic E-state index is 12.5. The van der Waals surface area contributed by atoms with E-state index in [1.807, 2.05) is 30.3 Å². The van der Waals surface area contributed by atoms with Gasteiger partial charge in [-0.1, -0.05) is 63.0 Å².